The molecule has 2 aromatic carbocycles. The molecule has 0 aliphatic rings. The van der Waals surface area contributed by atoms with E-state index in [0.717, 1.165) is 16.8 Å². The lowest BCUT2D eigenvalue weighted by atomic mass is 10.1. The number of benzene rings is 2. The summed E-state index contributed by atoms with van der Waals surface area (Å²) < 4.78 is 5.20. The summed E-state index contributed by atoms with van der Waals surface area (Å²) in [5, 5.41) is 6.57. The second-order valence-corrected chi connectivity index (χ2v) is 5.10. The molecule has 0 spiro atoms. The van der Waals surface area contributed by atoms with Crippen LogP contribution in [0.15, 0.2) is 47.6 Å². The number of amides is 1. The number of methoxy groups -OCH3 is 1. The first-order chi connectivity index (χ1) is 11.1. The van der Waals surface area contributed by atoms with Gasteiger partial charge in [-0.05, 0) is 49.2 Å². The van der Waals surface area contributed by atoms with E-state index in [9.17, 15) is 4.79 Å². The maximum absolute atomic E-state index is 11.8. The van der Waals surface area contributed by atoms with Gasteiger partial charge in [0.1, 0.15) is 5.75 Å². The molecule has 0 bridgehead atoms. The molecule has 0 fully saturated rings. The van der Waals surface area contributed by atoms with Crippen molar-refractivity contribution < 1.29 is 14.4 Å². The number of aryl methyl sites for hydroxylation is 2. The zero-order valence-electron chi connectivity index (χ0n) is 13.5. The minimum atomic E-state index is -0.259. The molecule has 1 amide bonds. The molecule has 0 unspecified atom stereocenters. The summed E-state index contributed by atoms with van der Waals surface area (Å²) in [7, 11) is 1.59. The molecule has 5 heteroatoms. The fraction of sp³-hybridized carbons (Fsp3) is 0.222. The quantitative estimate of drug-likeness (QED) is 0.657. The second-order valence-electron chi connectivity index (χ2n) is 5.10. The van der Waals surface area contributed by atoms with Crippen molar-refractivity contribution in [1.29, 1.82) is 0 Å². The largest absolute Gasteiger partial charge is 0.496 e. The van der Waals surface area contributed by atoms with Gasteiger partial charge in [0.05, 0.1) is 13.3 Å². The number of hydrogen-bond donors (Lipinski definition) is 1. The van der Waals surface area contributed by atoms with E-state index in [-0.39, 0.29) is 12.5 Å². The molecule has 0 aromatic heterocycles. The highest BCUT2D eigenvalue weighted by atomic mass is 16.6. The van der Waals surface area contributed by atoms with Gasteiger partial charge >= 0.3 is 0 Å². The van der Waals surface area contributed by atoms with Crippen LogP contribution in [-0.2, 0) is 9.63 Å². The summed E-state index contributed by atoms with van der Waals surface area (Å²) in [6.45, 7) is 3.87. The average molecular weight is 312 g/mol. The number of nitrogens with zero attached hydrogens (tertiary/aromatic N) is 1. The summed E-state index contributed by atoms with van der Waals surface area (Å²) in [5.74, 6) is 0.435. The first-order valence-electron chi connectivity index (χ1n) is 7.25. The van der Waals surface area contributed by atoms with Gasteiger partial charge in [0.25, 0.3) is 5.91 Å². The molecular formula is C18H20N2O3. The van der Waals surface area contributed by atoms with Gasteiger partial charge in [0.2, 0.25) is 0 Å². The predicted octanol–water partition coefficient (Wildman–Crippen LogP) is 3.30. The number of anilines is 1. The maximum Gasteiger partial charge on any atom is 0.265 e. The molecule has 0 aliphatic heterocycles. The van der Waals surface area contributed by atoms with Crippen LogP contribution in [0.5, 0.6) is 5.75 Å². The standard InChI is InChI=1S/C18H20N2O3/c1-13-8-9-16(10-14(13)2)20-18(21)12-23-19-11-15-6-4-5-7-17(15)22-3/h4-11H,12H2,1-3H3,(H,20,21)/b19-11-. The van der Waals surface area contributed by atoms with Crippen molar-refractivity contribution in [3.8, 4) is 5.75 Å². The molecule has 0 aliphatic carbocycles. The van der Waals surface area contributed by atoms with E-state index in [4.69, 9.17) is 9.57 Å². The number of hydrogen-bond acceptors (Lipinski definition) is 4. The number of ether oxygens (including phenoxy) is 1. The monoisotopic (exact) mass is 312 g/mol. The third-order valence-electron chi connectivity index (χ3n) is 3.39. The lowest BCUT2D eigenvalue weighted by molar-refractivity contribution is -0.120. The summed E-state index contributed by atoms with van der Waals surface area (Å²) >= 11 is 0. The fourth-order valence-electron chi connectivity index (χ4n) is 1.98. The van der Waals surface area contributed by atoms with Crippen LogP contribution in [0.3, 0.4) is 0 Å². The molecule has 23 heavy (non-hydrogen) atoms. The topological polar surface area (TPSA) is 59.9 Å². The van der Waals surface area contributed by atoms with Gasteiger partial charge in [0, 0.05) is 11.3 Å². The van der Waals surface area contributed by atoms with E-state index in [1.54, 1.807) is 7.11 Å². The van der Waals surface area contributed by atoms with Crippen LogP contribution in [0.1, 0.15) is 16.7 Å². The SMILES string of the molecule is COc1ccccc1/C=N\OCC(=O)Nc1ccc(C)c(C)c1. The number of carbonyl (C=O) groups is 1. The first kappa shape index (κ1) is 16.5. The zero-order valence-corrected chi connectivity index (χ0v) is 13.5. The van der Waals surface area contributed by atoms with Crippen LogP contribution in [0.4, 0.5) is 5.69 Å². The number of oxime groups is 1. The molecule has 0 atom stereocenters. The van der Waals surface area contributed by atoms with Gasteiger partial charge in [-0.2, -0.15) is 0 Å². The third-order valence-corrected chi connectivity index (χ3v) is 3.39. The molecule has 2 rings (SSSR count). The van der Waals surface area contributed by atoms with Gasteiger partial charge in [-0.15, -0.1) is 0 Å². The molecule has 0 saturated heterocycles. The van der Waals surface area contributed by atoms with Crippen molar-refractivity contribution in [2.75, 3.05) is 19.0 Å². The smallest absolute Gasteiger partial charge is 0.265 e. The highest BCUT2D eigenvalue weighted by Crippen LogP contribution is 2.15. The fourth-order valence-corrected chi connectivity index (χ4v) is 1.98. The van der Waals surface area contributed by atoms with E-state index in [0.29, 0.717) is 5.75 Å². The Morgan fingerprint density at radius 1 is 1.17 bits per heavy atom. The summed E-state index contributed by atoms with van der Waals surface area (Å²) in [6, 6.07) is 13.2. The molecule has 5 nitrogen and oxygen atoms in total. The van der Waals surface area contributed by atoms with E-state index in [2.05, 4.69) is 10.5 Å². The predicted molar refractivity (Wildman–Crippen MR) is 91.1 cm³/mol. The minimum Gasteiger partial charge on any atom is -0.496 e. The Morgan fingerprint density at radius 3 is 2.70 bits per heavy atom. The van der Waals surface area contributed by atoms with Gasteiger partial charge in [-0.25, -0.2) is 0 Å². The second kappa shape index (κ2) is 7.98. The molecule has 0 radical (unpaired) electrons. The van der Waals surface area contributed by atoms with Gasteiger partial charge < -0.3 is 14.9 Å². The van der Waals surface area contributed by atoms with Gasteiger partial charge in [-0.1, -0.05) is 23.4 Å². The highest BCUT2D eigenvalue weighted by Gasteiger charge is 2.04. The molecule has 1 N–H and O–H groups in total. The van der Waals surface area contributed by atoms with Crippen molar-refractivity contribution >= 4 is 17.8 Å². The number of nitrogens with one attached hydrogen (secondary N) is 1. The molecule has 0 saturated carbocycles. The normalized spacial score (nSPS) is 10.6. The van der Waals surface area contributed by atoms with E-state index in [1.807, 2.05) is 56.3 Å². The Kier molecular flexibility index (Phi) is 5.74. The highest BCUT2D eigenvalue weighted by molar-refractivity contribution is 5.92. The van der Waals surface area contributed by atoms with Crippen LogP contribution >= 0.6 is 0 Å². The summed E-state index contributed by atoms with van der Waals surface area (Å²) in [5.41, 5.74) is 3.83. The van der Waals surface area contributed by atoms with Crippen LogP contribution in [0.25, 0.3) is 0 Å². The average Bonchev–Trinajstić information content (AvgIpc) is 2.55. The lowest BCUT2D eigenvalue weighted by Crippen LogP contribution is -2.17. The summed E-state index contributed by atoms with van der Waals surface area (Å²) in [6.07, 6.45) is 1.52. The third kappa shape index (κ3) is 4.85. The van der Waals surface area contributed by atoms with Crippen molar-refractivity contribution in [1.82, 2.24) is 0 Å². The number of carbonyl (C=O) groups excluding carboxylic acids is 1. The molecule has 0 heterocycles. The van der Waals surface area contributed by atoms with E-state index < -0.39 is 0 Å². The molecule has 120 valence electrons. The van der Waals surface area contributed by atoms with Crippen molar-refractivity contribution in [2.24, 2.45) is 5.16 Å². The minimum absolute atomic E-state index is 0.154. The number of para-hydroxylation sites is 1. The Labute approximate surface area is 135 Å². The Bertz CT molecular complexity index is 711. The van der Waals surface area contributed by atoms with E-state index >= 15 is 0 Å². The maximum atomic E-state index is 11.8. The van der Waals surface area contributed by atoms with Crippen LogP contribution in [0.2, 0.25) is 0 Å². The van der Waals surface area contributed by atoms with Crippen molar-refractivity contribution in [2.45, 2.75) is 13.8 Å². The van der Waals surface area contributed by atoms with Gasteiger partial charge in [0.15, 0.2) is 6.61 Å². The van der Waals surface area contributed by atoms with E-state index in [1.165, 1.54) is 11.8 Å². The Balaban J connectivity index is 1.84. The van der Waals surface area contributed by atoms with Crippen LogP contribution in [-0.4, -0.2) is 25.8 Å². The van der Waals surface area contributed by atoms with Gasteiger partial charge in [-0.3, -0.25) is 4.79 Å². The lowest BCUT2D eigenvalue weighted by Gasteiger charge is -2.07. The van der Waals surface area contributed by atoms with Crippen LogP contribution in [0, 0.1) is 13.8 Å². The molecule has 2 aromatic rings. The van der Waals surface area contributed by atoms with Crippen LogP contribution < -0.4 is 10.1 Å². The zero-order chi connectivity index (χ0) is 16.7. The first-order valence-corrected chi connectivity index (χ1v) is 7.25. The van der Waals surface area contributed by atoms with Crippen molar-refractivity contribution in [3.05, 3.63) is 59.2 Å². The Hall–Kier alpha value is -2.82. The molecular weight excluding hydrogens is 292 g/mol. The van der Waals surface area contributed by atoms with Crippen molar-refractivity contribution in [3.63, 3.8) is 0 Å². The Morgan fingerprint density at radius 2 is 1.96 bits per heavy atom. The number of rotatable bonds is 6. The summed E-state index contributed by atoms with van der Waals surface area (Å²) in [4.78, 5) is 16.8.